The smallest absolute Gasteiger partial charge is 0.338 e. The zero-order chi connectivity index (χ0) is 25.3. The van der Waals surface area contributed by atoms with Gasteiger partial charge in [-0.15, -0.1) is 0 Å². The second kappa shape index (κ2) is 10.4. The number of nitrogens with zero attached hydrogens (tertiary/aromatic N) is 2. The summed E-state index contributed by atoms with van der Waals surface area (Å²) in [6, 6.07) is 10.9. The Labute approximate surface area is 220 Å². The molecule has 0 radical (unpaired) electrons. The number of halogens is 1. The van der Waals surface area contributed by atoms with Crippen LogP contribution >= 0.6 is 33.9 Å². The van der Waals surface area contributed by atoms with Crippen molar-refractivity contribution < 1.29 is 19.0 Å². The molecule has 0 saturated heterocycles. The number of benzene rings is 2. The molecule has 35 heavy (non-hydrogen) atoms. The molecule has 182 valence electrons. The predicted octanol–water partition coefficient (Wildman–Crippen LogP) is 3.73. The maximum Gasteiger partial charge on any atom is 0.338 e. The number of aryl methyl sites for hydroxylation is 1. The molecular formula is C26H25IN2O5S. The Hall–Kier alpha value is -2.92. The molecular weight excluding hydrogens is 579 g/mol. The average molecular weight is 604 g/mol. The molecule has 9 heteroatoms. The number of carbonyl (C=O) groups excluding carboxylic acids is 1. The van der Waals surface area contributed by atoms with Crippen LogP contribution in [0, 0.1) is 10.5 Å². The summed E-state index contributed by atoms with van der Waals surface area (Å²) in [5.74, 6) is 0.750. The summed E-state index contributed by atoms with van der Waals surface area (Å²) in [5, 5.41) is 0. The summed E-state index contributed by atoms with van der Waals surface area (Å²) in [4.78, 5) is 31.8. The lowest BCUT2D eigenvalue weighted by molar-refractivity contribution is -0.139. The third-order valence-corrected chi connectivity index (χ3v) is 7.45. The summed E-state index contributed by atoms with van der Waals surface area (Å²) in [5.41, 5.74) is 3.39. The largest absolute Gasteiger partial charge is 0.493 e. The van der Waals surface area contributed by atoms with Crippen LogP contribution in [0.4, 0.5) is 0 Å². The van der Waals surface area contributed by atoms with Crippen molar-refractivity contribution in [3.05, 3.63) is 87.6 Å². The fourth-order valence-electron chi connectivity index (χ4n) is 4.03. The molecule has 0 spiro atoms. The zero-order valence-corrected chi connectivity index (χ0v) is 23.0. The number of aromatic nitrogens is 1. The summed E-state index contributed by atoms with van der Waals surface area (Å²) < 4.78 is 19.2. The Morgan fingerprint density at radius 2 is 1.89 bits per heavy atom. The van der Waals surface area contributed by atoms with Crippen LogP contribution in [0.25, 0.3) is 6.08 Å². The summed E-state index contributed by atoms with van der Waals surface area (Å²) in [7, 11) is 3.17. The van der Waals surface area contributed by atoms with Crippen molar-refractivity contribution in [1.29, 1.82) is 0 Å². The predicted molar refractivity (Wildman–Crippen MR) is 144 cm³/mol. The number of fused-ring (bicyclic) bond motifs is 1. The highest BCUT2D eigenvalue weighted by Gasteiger charge is 2.33. The number of hydrogen-bond acceptors (Lipinski definition) is 7. The van der Waals surface area contributed by atoms with Crippen molar-refractivity contribution in [2.24, 2.45) is 4.99 Å². The fourth-order valence-corrected chi connectivity index (χ4v) is 5.92. The van der Waals surface area contributed by atoms with E-state index < -0.39 is 12.0 Å². The van der Waals surface area contributed by atoms with Crippen molar-refractivity contribution in [3.8, 4) is 11.5 Å². The first kappa shape index (κ1) is 25.2. The van der Waals surface area contributed by atoms with Crippen molar-refractivity contribution in [1.82, 2.24) is 4.57 Å². The first-order valence-corrected chi connectivity index (χ1v) is 12.9. The lowest BCUT2D eigenvalue weighted by Crippen LogP contribution is -2.39. The van der Waals surface area contributed by atoms with E-state index in [0.717, 1.165) is 20.3 Å². The van der Waals surface area contributed by atoms with E-state index in [-0.39, 0.29) is 12.2 Å². The van der Waals surface area contributed by atoms with E-state index in [1.165, 1.54) is 11.3 Å². The molecule has 0 unspecified atom stereocenters. The van der Waals surface area contributed by atoms with Crippen molar-refractivity contribution in [2.75, 3.05) is 20.8 Å². The minimum absolute atomic E-state index is 0.224. The first-order valence-electron chi connectivity index (χ1n) is 11.0. The molecule has 4 rings (SSSR count). The van der Waals surface area contributed by atoms with E-state index in [0.29, 0.717) is 32.1 Å². The standard InChI is InChI=1S/C26H25IN2O5S/c1-6-34-25(31)21-15(3)28-26-29(22(21)17-9-7-14(2)8-10-17)24(30)20(35-26)13-16-11-18(27)23(33-5)19(12-16)32-4/h7-13,22H,6H2,1-5H3/b20-13-/t22-/m0/s1. The average Bonchev–Trinajstić information content (AvgIpc) is 3.12. The Morgan fingerprint density at radius 1 is 1.17 bits per heavy atom. The van der Waals surface area contributed by atoms with Gasteiger partial charge in [0.15, 0.2) is 16.3 Å². The van der Waals surface area contributed by atoms with Crippen LogP contribution in [0.5, 0.6) is 11.5 Å². The second-order valence-corrected chi connectivity index (χ2v) is 10.1. The van der Waals surface area contributed by atoms with E-state index >= 15 is 0 Å². The highest BCUT2D eigenvalue weighted by atomic mass is 127. The van der Waals surface area contributed by atoms with E-state index in [1.807, 2.05) is 49.4 Å². The third-order valence-electron chi connectivity index (χ3n) is 5.66. The molecule has 2 aromatic carbocycles. The lowest BCUT2D eigenvalue weighted by Gasteiger charge is -2.24. The molecule has 0 fully saturated rings. The van der Waals surface area contributed by atoms with E-state index in [2.05, 4.69) is 27.6 Å². The van der Waals surface area contributed by atoms with E-state index in [1.54, 1.807) is 32.6 Å². The Balaban J connectivity index is 1.94. The Morgan fingerprint density at radius 3 is 2.51 bits per heavy atom. The van der Waals surface area contributed by atoms with Gasteiger partial charge in [-0.25, -0.2) is 9.79 Å². The Bertz CT molecular complexity index is 1500. The summed E-state index contributed by atoms with van der Waals surface area (Å²) in [6.07, 6.45) is 1.81. The fraction of sp³-hybridized carbons (Fsp3) is 0.269. The normalized spacial score (nSPS) is 15.5. The third kappa shape index (κ3) is 4.79. The van der Waals surface area contributed by atoms with Crippen LogP contribution < -0.4 is 24.4 Å². The van der Waals surface area contributed by atoms with Crippen molar-refractivity contribution in [3.63, 3.8) is 0 Å². The molecule has 1 atom stereocenters. The van der Waals surface area contributed by atoms with Crippen molar-refractivity contribution in [2.45, 2.75) is 26.8 Å². The number of hydrogen-bond donors (Lipinski definition) is 0. The van der Waals surface area contributed by atoms with E-state index in [4.69, 9.17) is 14.2 Å². The molecule has 0 aliphatic carbocycles. The van der Waals surface area contributed by atoms with Crippen LogP contribution in [0.15, 0.2) is 57.5 Å². The van der Waals surface area contributed by atoms with Crippen LogP contribution in [0.1, 0.15) is 36.6 Å². The van der Waals surface area contributed by atoms with Gasteiger partial charge in [0.2, 0.25) is 0 Å². The first-order chi connectivity index (χ1) is 16.8. The topological polar surface area (TPSA) is 79.1 Å². The van der Waals surface area contributed by atoms with E-state index in [9.17, 15) is 9.59 Å². The minimum atomic E-state index is -0.626. The number of carbonyl (C=O) groups is 1. The van der Waals surface area contributed by atoms with Crippen LogP contribution in [-0.2, 0) is 9.53 Å². The van der Waals surface area contributed by atoms with Crippen molar-refractivity contribution >= 4 is 46.0 Å². The van der Waals surface area contributed by atoms with Gasteiger partial charge in [-0.05, 0) is 72.7 Å². The lowest BCUT2D eigenvalue weighted by atomic mass is 9.95. The molecule has 1 aliphatic rings. The molecule has 0 bridgehead atoms. The van der Waals surface area contributed by atoms with Crippen LogP contribution in [-0.4, -0.2) is 31.4 Å². The molecule has 0 N–H and O–H groups in total. The number of rotatable bonds is 6. The highest BCUT2D eigenvalue weighted by molar-refractivity contribution is 14.1. The quantitative estimate of drug-likeness (QED) is 0.317. The maximum atomic E-state index is 13.7. The highest BCUT2D eigenvalue weighted by Crippen LogP contribution is 2.34. The van der Waals surface area contributed by atoms with Gasteiger partial charge in [0.05, 0.1) is 46.2 Å². The molecule has 0 saturated carbocycles. The van der Waals surface area contributed by atoms with Crippen LogP contribution in [0.3, 0.4) is 0 Å². The molecule has 7 nitrogen and oxygen atoms in total. The van der Waals surface area contributed by atoms with Gasteiger partial charge in [0.1, 0.15) is 0 Å². The molecule has 0 amide bonds. The van der Waals surface area contributed by atoms with Gasteiger partial charge in [-0.1, -0.05) is 41.2 Å². The van der Waals surface area contributed by atoms with Gasteiger partial charge >= 0.3 is 5.97 Å². The SMILES string of the molecule is CCOC(=O)C1=C(C)N=c2s/c(=C\c3cc(I)c(OC)c(OC)c3)c(=O)n2[C@H]1c1ccc(C)cc1. The number of methoxy groups -OCH3 is 2. The van der Waals surface area contributed by atoms with Gasteiger partial charge in [-0.3, -0.25) is 9.36 Å². The number of ether oxygens (including phenoxy) is 3. The van der Waals surface area contributed by atoms with Gasteiger partial charge in [-0.2, -0.15) is 0 Å². The second-order valence-electron chi connectivity index (χ2n) is 7.95. The molecule has 1 aromatic heterocycles. The Kier molecular flexibility index (Phi) is 7.46. The van der Waals surface area contributed by atoms with Gasteiger partial charge in [0.25, 0.3) is 5.56 Å². The number of allylic oxidation sites excluding steroid dienone is 1. The minimum Gasteiger partial charge on any atom is -0.493 e. The zero-order valence-electron chi connectivity index (χ0n) is 20.0. The van der Waals surface area contributed by atoms with Crippen LogP contribution in [0.2, 0.25) is 0 Å². The number of thiazole rings is 1. The molecule has 2 heterocycles. The van der Waals surface area contributed by atoms with Gasteiger partial charge < -0.3 is 14.2 Å². The summed E-state index contributed by atoms with van der Waals surface area (Å²) >= 11 is 3.46. The molecule has 1 aliphatic heterocycles. The summed E-state index contributed by atoms with van der Waals surface area (Å²) in [6.45, 7) is 5.77. The monoisotopic (exact) mass is 604 g/mol. The molecule has 3 aromatic rings. The maximum absolute atomic E-state index is 13.7. The number of esters is 1. The van der Waals surface area contributed by atoms with Gasteiger partial charge in [0, 0.05) is 0 Å².